The highest BCUT2D eigenvalue weighted by atomic mass is 16.6. The average molecular weight is 238 g/mol. The number of carboxylic acids is 1. The summed E-state index contributed by atoms with van der Waals surface area (Å²) in [5.41, 5.74) is 0.628. The number of ether oxygens (including phenoxy) is 2. The van der Waals surface area contributed by atoms with E-state index in [4.69, 9.17) is 14.6 Å². The first kappa shape index (κ1) is 11.6. The second-order valence-corrected chi connectivity index (χ2v) is 3.83. The number of carbonyl (C=O) groups is 1. The number of carboxylic acid groups (broad SMARTS) is 1. The quantitative estimate of drug-likeness (QED) is 0.832. The molecule has 1 heterocycles. The van der Waals surface area contributed by atoms with Gasteiger partial charge in [0.25, 0.3) is 0 Å². The first-order valence-corrected chi connectivity index (χ1v) is 5.50. The molecule has 0 saturated carbocycles. The lowest BCUT2D eigenvalue weighted by Gasteiger charge is -2.21. The molecule has 1 aromatic rings. The minimum Gasteiger partial charge on any atom is -0.508 e. The molecule has 2 rings (SSSR count). The maximum Gasteiger partial charge on any atom is 0.303 e. The molecular formula is C12H14O5. The van der Waals surface area contributed by atoms with Crippen LogP contribution in [-0.4, -0.2) is 29.4 Å². The van der Waals surface area contributed by atoms with E-state index in [1.807, 2.05) is 0 Å². The Morgan fingerprint density at radius 1 is 1.29 bits per heavy atom. The van der Waals surface area contributed by atoms with Crippen molar-refractivity contribution >= 4 is 5.97 Å². The summed E-state index contributed by atoms with van der Waals surface area (Å²) in [6.45, 7) is 0.939. The first-order valence-electron chi connectivity index (χ1n) is 5.50. The summed E-state index contributed by atoms with van der Waals surface area (Å²) < 4.78 is 10.9. The standard InChI is InChI=1S/C12H14O5/c13-9-4-5-10-12(17-7-6-16-10)8(9)2-1-3-11(14)15/h4-5,13H,1-3,6-7H2,(H,14,15). The number of aromatic hydroxyl groups is 1. The van der Waals surface area contributed by atoms with E-state index in [2.05, 4.69) is 0 Å². The van der Waals surface area contributed by atoms with Gasteiger partial charge in [-0.05, 0) is 25.0 Å². The molecule has 0 spiro atoms. The van der Waals surface area contributed by atoms with E-state index in [1.165, 1.54) is 0 Å². The van der Waals surface area contributed by atoms with E-state index in [0.717, 1.165) is 0 Å². The molecule has 0 radical (unpaired) electrons. The van der Waals surface area contributed by atoms with E-state index in [0.29, 0.717) is 43.1 Å². The highest BCUT2D eigenvalue weighted by Gasteiger charge is 2.19. The van der Waals surface area contributed by atoms with E-state index in [-0.39, 0.29) is 12.2 Å². The van der Waals surface area contributed by atoms with Crippen molar-refractivity contribution in [2.45, 2.75) is 19.3 Å². The Hall–Kier alpha value is -1.91. The zero-order chi connectivity index (χ0) is 12.3. The predicted octanol–water partition coefficient (Wildman–Crippen LogP) is 1.57. The number of hydrogen-bond donors (Lipinski definition) is 2. The van der Waals surface area contributed by atoms with Crippen LogP contribution in [0.1, 0.15) is 18.4 Å². The number of fused-ring (bicyclic) bond motifs is 1. The summed E-state index contributed by atoms with van der Waals surface area (Å²) in [4.78, 5) is 10.4. The molecule has 1 aliphatic heterocycles. The van der Waals surface area contributed by atoms with Gasteiger partial charge in [-0.2, -0.15) is 0 Å². The molecule has 1 aromatic carbocycles. The van der Waals surface area contributed by atoms with Gasteiger partial charge in [0.2, 0.25) is 0 Å². The number of phenolic OH excluding ortho intramolecular Hbond substituents is 1. The third kappa shape index (κ3) is 2.61. The van der Waals surface area contributed by atoms with Gasteiger partial charge < -0.3 is 19.7 Å². The fraction of sp³-hybridized carbons (Fsp3) is 0.417. The van der Waals surface area contributed by atoms with E-state index in [9.17, 15) is 9.90 Å². The van der Waals surface area contributed by atoms with Crippen LogP contribution in [0.3, 0.4) is 0 Å². The van der Waals surface area contributed by atoms with Gasteiger partial charge in [-0.3, -0.25) is 4.79 Å². The van der Waals surface area contributed by atoms with Crippen molar-refractivity contribution in [1.82, 2.24) is 0 Å². The minimum absolute atomic E-state index is 0.0734. The van der Waals surface area contributed by atoms with Crippen LogP contribution < -0.4 is 9.47 Å². The second kappa shape index (κ2) is 4.95. The van der Waals surface area contributed by atoms with Crippen molar-refractivity contribution in [1.29, 1.82) is 0 Å². The highest BCUT2D eigenvalue weighted by molar-refractivity contribution is 5.66. The normalized spacial score (nSPS) is 13.4. The van der Waals surface area contributed by atoms with E-state index >= 15 is 0 Å². The molecule has 0 atom stereocenters. The summed E-state index contributed by atoms with van der Waals surface area (Å²) in [6.07, 6.45) is 0.997. The van der Waals surface area contributed by atoms with Crippen molar-refractivity contribution in [3.05, 3.63) is 17.7 Å². The fourth-order valence-corrected chi connectivity index (χ4v) is 1.82. The summed E-state index contributed by atoms with van der Waals surface area (Å²) in [5.74, 6) is 0.437. The number of aliphatic carboxylic acids is 1. The molecule has 0 amide bonds. The van der Waals surface area contributed by atoms with Crippen LogP contribution in [0.2, 0.25) is 0 Å². The molecule has 17 heavy (non-hydrogen) atoms. The number of rotatable bonds is 4. The van der Waals surface area contributed by atoms with Crippen LogP contribution in [-0.2, 0) is 11.2 Å². The molecule has 2 N–H and O–H groups in total. The van der Waals surface area contributed by atoms with E-state index < -0.39 is 5.97 Å². The third-order valence-electron chi connectivity index (χ3n) is 2.60. The van der Waals surface area contributed by atoms with Crippen LogP contribution in [0, 0.1) is 0 Å². The van der Waals surface area contributed by atoms with Crippen LogP contribution in [0.4, 0.5) is 0 Å². The van der Waals surface area contributed by atoms with Gasteiger partial charge in [0.05, 0.1) is 0 Å². The number of hydrogen-bond acceptors (Lipinski definition) is 4. The molecular weight excluding hydrogens is 224 g/mol. The van der Waals surface area contributed by atoms with Crippen molar-refractivity contribution in [3.63, 3.8) is 0 Å². The third-order valence-corrected chi connectivity index (χ3v) is 2.60. The zero-order valence-corrected chi connectivity index (χ0v) is 9.31. The molecule has 1 aliphatic rings. The SMILES string of the molecule is O=C(O)CCCc1c(O)ccc2c1OCCO2. The fourth-order valence-electron chi connectivity index (χ4n) is 1.82. The molecule has 0 unspecified atom stereocenters. The van der Waals surface area contributed by atoms with Gasteiger partial charge in [0, 0.05) is 12.0 Å². The predicted molar refractivity (Wildman–Crippen MR) is 59.7 cm³/mol. The lowest BCUT2D eigenvalue weighted by molar-refractivity contribution is -0.137. The molecule has 5 nitrogen and oxygen atoms in total. The maximum atomic E-state index is 10.4. The Morgan fingerprint density at radius 2 is 2.06 bits per heavy atom. The lowest BCUT2D eigenvalue weighted by Crippen LogP contribution is -2.16. The summed E-state index contributed by atoms with van der Waals surface area (Å²) in [7, 11) is 0. The van der Waals surface area contributed by atoms with Crippen molar-refractivity contribution in [3.8, 4) is 17.2 Å². The van der Waals surface area contributed by atoms with Gasteiger partial charge in [-0.15, -0.1) is 0 Å². The Bertz CT molecular complexity index is 427. The summed E-state index contributed by atoms with van der Waals surface area (Å²) in [6, 6.07) is 3.20. The Labute approximate surface area is 98.6 Å². The number of phenols is 1. The van der Waals surface area contributed by atoms with Crippen molar-refractivity contribution in [2.24, 2.45) is 0 Å². The molecule has 92 valence electrons. The van der Waals surface area contributed by atoms with Crippen LogP contribution >= 0.6 is 0 Å². The topological polar surface area (TPSA) is 76.0 Å². The first-order chi connectivity index (χ1) is 8.18. The molecule has 0 aliphatic carbocycles. The largest absolute Gasteiger partial charge is 0.508 e. The van der Waals surface area contributed by atoms with Crippen LogP contribution in [0.25, 0.3) is 0 Å². The average Bonchev–Trinajstić information content (AvgIpc) is 2.32. The lowest BCUT2D eigenvalue weighted by atomic mass is 10.0. The monoisotopic (exact) mass is 238 g/mol. The summed E-state index contributed by atoms with van der Waals surface area (Å²) in [5, 5.41) is 18.3. The maximum absolute atomic E-state index is 10.4. The Morgan fingerprint density at radius 3 is 2.82 bits per heavy atom. The number of benzene rings is 1. The summed E-state index contributed by atoms with van der Waals surface area (Å²) >= 11 is 0. The van der Waals surface area contributed by atoms with Crippen molar-refractivity contribution < 1.29 is 24.5 Å². The molecule has 0 aromatic heterocycles. The minimum atomic E-state index is -0.841. The zero-order valence-electron chi connectivity index (χ0n) is 9.31. The molecule has 5 heteroatoms. The molecule has 0 saturated heterocycles. The molecule has 0 bridgehead atoms. The Kier molecular flexibility index (Phi) is 3.37. The second-order valence-electron chi connectivity index (χ2n) is 3.83. The molecule has 0 fully saturated rings. The highest BCUT2D eigenvalue weighted by Crippen LogP contribution is 2.39. The van der Waals surface area contributed by atoms with E-state index in [1.54, 1.807) is 12.1 Å². The van der Waals surface area contributed by atoms with Gasteiger partial charge in [-0.25, -0.2) is 0 Å². The smallest absolute Gasteiger partial charge is 0.303 e. The van der Waals surface area contributed by atoms with Gasteiger partial charge in [0.1, 0.15) is 19.0 Å². The van der Waals surface area contributed by atoms with Crippen LogP contribution in [0.5, 0.6) is 17.2 Å². The Balaban J connectivity index is 2.16. The van der Waals surface area contributed by atoms with Crippen molar-refractivity contribution in [2.75, 3.05) is 13.2 Å². The van der Waals surface area contributed by atoms with Crippen LogP contribution in [0.15, 0.2) is 12.1 Å². The van der Waals surface area contributed by atoms with Gasteiger partial charge >= 0.3 is 5.97 Å². The van der Waals surface area contributed by atoms with Gasteiger partial charge in [-0.1, -0.05) is 0 Å². The van der Waals surface area contributed by atoms with Gasteiger partial charge in [0.15, 0.2) is 11.5 Å².